The Morgan fingerprint density at radius 2 is 1.81 bits per heavy atom. The Labute approximate surface area is 157 Å². The monoisotopic (exact) mass is 383 g/mol. The Morgan fingerprint density at radius 3 is 2.46 bits per heavy atom. The highest BCUT2D eigenvalue weighted by molar-refractivity contribution is 7.32. The number of aliphatic hydroxyl groups is 1. The van der Waals surface area contributed by atoms with Crippen LogP contribution in [0.25, 0.3) is 0 Å². The van der Waals surface area contributed by atoms with Crippen LogP contribution < -0.4 is 0 Å². The summed E-state index contributed by atoms with van der Waals surface area (Å²) in [5, 5.41) is 10.4. The number of allylic oxidation sites excluding steroid dienone is 1. The highest BCUT2D eigenvalue weighted by Crippen LogP contribution is 2.65. The van der Waals surface area contributed by atoms with Crippen molar-refractivity contribution in [2.24, 2.45) is 28.6 Å². The predicted octanol–water partition coefficient (Wildman–Crippen LogP) is 4.16. The average molecular weight is 383 g/mol. The van der Waals surface area contributed by atoms with Gasteiger partial charge in [0.2, 0.25) is 0 Å². The van der Waals surface area contributed by atoms with Gasteiger partial charge in [0.1, 0.15) is 0 Å². The largest absolute Gasteiger partial charge is 0.694 e. The summed E-state index contributed by atoms with van der Waals surface area (Å²) < 4.78 is 13.1. The van der Waals surface area contributed by atoms with E-state index in [-0.39, 0.29) is 16.9 Å². The normalized spacial score (nSPS) is 44.7. The van der Waals surface area contributed by atoms with Gasteiger partial charge in [0.25, 0.3) is 0 Å². The van der Waals surface area contributed by atoms with Crippen molar-refractivity contribution in [2.45, 2.75) is 71.3 Å². The van der Waals surface area contributed by atoms with Gasteiger partial charge in [0.05, 0.1) is 13.2 Å². The van der Waals surface area contributed by atoms with Crippen LogP contribution in [-0.4, -0.2) is 29.0 Å². The molecule has 0 saturated heterocycles. The van der Waals surface area contributed by atoms with Crippen molar-refractivity contribution in [1.29, 1.82) is 0 Å². The van der Waals surface area contributed by atoms with Crippen molar-refractivity contribution in [3.63, 3.8) is 0 Å². The van der Waals surface area contributed by atoms with Crippen molar-refractivity contribution >= 4 is 14.0 Å². The summed E-state index contributed by atoms with van der Waals surface area (Å²) in [6.07, 6.45) is 10.7. The summed E-state index contributed by atoms with van der Waals surface area (Å²) in [6.45, 7) is 4.76. The van der Waals surface area contributed by atoms with Gasteiger partial charge < -0.3 is 5.11 Å². The van der Waals surface area contributed by atoms with E-state index in [1.807, 2.05) is 6.08 Å². The van der Waals surface area contributed by atoms with Crippen LogP contribution in [0.3, 0.4) is 0 Å². The zero-order valence-corrected chi connectivity index (χ0v) is 17.0. The van der Waals surface area contributed by atoms with E-state index in [1.165, 1.54) is 38.4 Å². The first-order valence-corrected chi connectivity index (χ1v) is 11.0. The summed E-state index contributed by atoms with van der Waals surface area (Å²) in [5.41, 5.74) is 1.89. The Hall–Kier alpha value is -0.610. The maximum atomic E-state index is 11.8. The molecule has 0 spiro atoms. The second-order valence-corrected chi connectivity index (χ2v) is 9.87. The molecule has 4 rings (SSSR count). The fourth-order valence-corrected chi connectivity index (χ4v) is 6.53. The molecule has 0 amide bonds. The van der Waals surface area contributed by atoms with Crippen LogP contribution >= 0.6 is 8.25 Å². The van der Waals surface area contributed by atoms with Crippen molar-refractivity contribution in [3.8, 4) is 0 Å². The van der Waals surface area contributed by atoms with Gasteiger partial charge in [0, 0.05) is 11.0 Å². The minimum atomic E-state index is -2.35. The smallest absolute Gasteiger partial charge is 0.393 e. The van der Waals surface area contributed by atoms with Gasteiger partial charge in [0.15, 0.2) is 5.78 Å². The van der Waals surface area contributed by atoms with Gasteiger partial charge in [-0.15, -0.1) is 9.42 Å². The predicted molar refractivity (Wildman–Crippen MR) is 99.6 cm³/mol. The van der Waals surface area contributed by atoms with Gasteiger partial charge in [-0.2, -0.15) is 0 Å². The van der Waals surface area contributed by atoms with Crippen LogP contribution in [0, 0.1) is 28.6 Å². The molecule has 0 bridgehead atoms. The molecule has 0 radical (unpaired) electrons. The van der Waals surface area contributed by atoms with E-state index >= 15 is 0 Å². The molecule has 4 aliphatic carbocycles. The molecule has 0 aromatic heterocycles. The second-order valence-electron chi connectivity index (χ2n) is 9.03. The zero-order chi connectivity index (χ0) is 19.1. The van der Waals surface area contributed by atoms with Crippen LogP contribution in [-0.2, 0) is 13.9 Å². The maximum Gasteiger partial charge on any atom is 0.694 e. The number of rotatable bonds is 1. The second kappa shape index (κ2) is 7.43. The number of carbonyl (C=O) groups is 1. The van der Waals surface area contributed by atoms with E-state index in [0.717, 1.165) is 37.5 Å². The molecule has 7 atom stereocenters. The Balaban J connectivity index is 0.000000349. The van der Waals surface area contributed by atoms with Crippen molar-refractivity contribution in [3.05, 3.63) is 11.6 Å². The molecule has 0 aromatic carbocycles. The fourth-order valence-electron chi connectivity index (χ4n) is 6.53. The lowest BCUT2D eigenvalue weighted by molar-refractivity contribution is -0.118. The fraction of sp³-hybridized carbons (Fsp3) is 0.850. The quantitative estimate of drug-likeness (QED) is 0.664. The van der Waals surface area contributed by atoms with Gasteiger partial charge in [-0.1, -0.05) is 19.4 Å². The first-order valence-electron chi connectivity index (χ1n) is 9.84. The van der Waals surface area contributed by atoms with Crippen molar-refractivity contribution in [2.75, 3.05) is 7.11 Å². The Bertz CT molecular complexity index is 617. The topological polar surface area (TPSA) is 83.8 Å². The molecule has 3 saturated carbocycles. The number of hydrogen-bond acceptors (Lipinski definition) is 4. The summed E-state index contributed by atoms with van der Waals surface area (Å²) >= 11 is 0. The average Bonchev–Trinajstić information content (AvgIpc) is 2.91. The Kier molecular flexibility index (Phi) is 5.75. The highest BCUT2D eigenvalue weighted by atomic mass is 31.1. The van der Waals surface area contributed by atoms with E-state index in [2.05, 4.69) is 18.4 Å². The molecule has 4 aliphatic rings. The van der Waals surface area contributed by atoms with E-state index in [1.54, 1.807) is 0 Å². The molecule has 6 heteroatoms. The number of aliphatic hydroxyl groups excluding tert-OH is 1. The molecule has 0 heterocycles. The van der Waals surface area contributed by atoms with Crippen LogP contribution in [0.1, 0.15) is 65.2 Å². The number of fused-ring (bicyclic) bond motifs is 5. The van der Waals surface area contributed by atoms with Crippen molar-refractivity contribution in [1.82, 2.24) is 0 Å². The minimum Gasteiger partial charge on any atom is -0.393 e. The van der Waals surface area contributed by atoms with Crippen LogP contribution in [0.4, 0.5) is 0 Å². The molecule has 1 unspecified atom stereocenters. The van der Waals surface area contributed by atoms with E-state index < -0.39 is 8.25 Å². The van der Waals surface area contributed by atoms with Crippen LogP contribution in [0.5, 0.6) is 0 Å². The molecule has 2 N–H and O–H groups in total. The summed E-state index contributed by atoms with van der Waals surface area (Å²) in [4.78, 5) is 19.4. The van der Waals surface area contributed by atoms with Gasteiger partial charge in [-0.05, 0) is 79.6 Å². The first kappa shape index (κ1) is 20.1. The molecule has 5 nitrogen and oxygen atoms in total. The molecule has 26 heavy (non-hydrogen) atoms. The zero-order valence-electron chi connectivity index (χ0n) is 16.1. The van der Waals surface area contributed by atoms with E-state index in [4.69, 9.17) is 4.89 Å². The standard InChI is InChI=1S/C19H28O2.CH3O3P/c1-18-9-7-13(20)11-12(18)3-4-14-15-5-6-17(21)19(15,2)10-8-16(14)18;1-4-5(2)3/h11,14-17,21H,3-10H2,1-2H3;1H3/p+1/t14-,15-,16-,17-,18-,19-;/m0./s1. The number of hydrogen-bond donors (Lipinski definition) is 2. The van der Waals surface area contributed by atoms with Gasteiger partial charge in [-0.3, -0.25) is 4.79 Å². The molecule has 3 fully saturated rings. The molecular formula is C20H32O5P+. The van der Waals surface area contributed by atoms with Crippen molar-refractivity contribution < 1.29 is 23.9 Å². The lowest BCUT2D eigenvalue weighted by Gasteiger charge is -2.57. The molecular weight excluding hydrogens is 351 g/mol. The SMILES string of the molecule is CO[P+](=O)O.C[C@]12CC[C@H]3[C@@H](CCC4=CC(=O)CC[C@@]43C)[C@@H]1CC[C@@H]2O. The first-order chi connectivity index (χ1) is 12.2. The lowest BCUT2D eigenvalue weighted by Crippen LogP contribution is -2.51. The number of carbonyl (C=O) groups excluding carboxylic acids is 1. The highest BCUT2D eigenvalue weighted by Gasteiger charge is 2.58. The van der Waals surface area contributed by atoms with Gasteiger partial charge in [-0.25, -0.2) is 0 Å². The third kappa shape index (κ3) is 3.32. The third-order valence-electron chi connectivity index (χ3n) is 8.07. The molecule has 0 aliphatic heterocycles. The molecule has 0 aromatic rings. The van der Waals surface area contributed by atoms with E-state index in [9.17, 15) is 14.5 Å². The molecule has 146 valence electrons. The van der Waals surface area contributed by atoms with Crippen LogP contribution in [0.2, 0.25) is 0 Å². The van der Waals surface area contributed by atoms with E-state index in [0.29, 0.717) is 11.7 Å². The van der Waals surface area contributed by atoms with Gasteiger partial charge >= 0.3 is 8.25 Å². The summed E-state index contributed by atoms with van der Waals surface area (Å²) in [7, 11) is -1.18. The lowest BCUT2D eigenvalue weighted by atomic mass is 9.47. The third-order valence-corrected chi connectivity index (χ3v) is 8.38. The summed E-state index contributed by atoms with van der Waals surface area (Å²) in [6, 6.07) is 0. The Morgan fingerprint density at radius 1 is 1.12 bits per heavy atom. The van der Waals surface area contributed by atoms with Crippen LogP contribution in [0.15, 0.2) is 11.6 Å². The maximum absolute atomic E-state index is 11.8. The minimum absolute atomic E-state index is 0.0823. The summed E-state index contributed by atoms with van der Waals surface area (Å²) in [5.74, 6) is 2.57. The number of ketones is 1.